The molecule has 2 amide bonds. The number of nitrogens with one attached hydrogen (secondary N) is 2. The molecule has 14 nitrogen and oxygen atoms in total. The summed E-state index contributed by atoms with van der Waals surface area (Å²) in [5.41, 5.74) is 2.84. The van der Waals surface area contributed by atoms with Crippen molar-refractivity contribution in [3.8, 4) is 28.7 Å². The topological polar surface area (TPSA) is 140 Å². The highest BCUT2D eigenvalue weighted by atomic mass is 16.6. The first-order chi connectivity index (χ1) is 26.6. The predicted molar refractivity (Wildman–Crippen MR) is 213 cm³/mol. The highest BCUT2D eigenvalue weighted by molar-refractivity contribution is 6.00. The van der Waals surface area contributed by atoms with Crippen LogP contribution in [0.5, 0.6) is 28.7 Å². The van der Waals surface area contributed by atoms with Crippen LogP contribution in [0.1, 0.15) is 47.7 Å². The van der Waals surface area contributed by atoms with Gasteiger partial charge in [0, 0.05) is 74.9 Å². The van der Waals surface area contributed by atoms with Crippen LogP contribution >= 0.6 is 0 Å². The Morgan fingerprint density at radius 2 is 1.58 bits per heavy atom. The molecular formula is C41H53N7O7. The number of rotatable bonds is 17. The maximum Gasteiger partial charge on any atom is 0.425 e. The number of carbonyl (C=O) groups is 2. The van der Waals surface area contributed by atoms with E-state index in [2.05, 4.69) is 39.4 Å². The summed E-state index contributed by atoms with van der Waals surface area (Å²) < 4.78 is 29.3. The van der Waals surface area contributed by atoms with Crippen molar-refractivity contribution in [2.45, 2.75) is 40.0 Å². The van der Waals surface area contributed by atoms with Gasteiger partial charge in [0.15, 0.2) is 11.5 Å². The molecule has 1 aliphatic rings. The van der Waals surface area contributed by atoms with Gasteiger partial charge in [-0.15, -0.1) is 0 Å². The van der Waals surface area contributed by atoms with Crippen LogP contribution in [0.4, 0.5) is 27.9 Å². The molecule has 14 heteroatoms. The molecule has 0 aliphatic carbocycles. The molecule has 1 aliphatic heterocycles. The monoisotopic (exact) mass is 755 g/mol. The maximum atomic E-state index is 14.2. The standard InChI is InChI=1S/C41H53N7O7/c1-8-9-17-42-39(49)30-14-15-32(33(25-30)51-5)48(41(50)55-37-28(2)12-10-13-29(37)3)36-16-18-43-40(45-36)44-31-26-34(52-6)38(53-7)35(27-31)54-24-11-19-47-22-20-46(4)21-23-47/h10,12-16,18,25-27H,8-9,11,17,19-24H2,1-7H3,(H,42,49)(H,43,44,45). The Morgan fingerprint density at radius 1 is 0.855 bits per heavy atom. The second kappa shape index (κ2) is 19.6. The summed E-state index contributed by atoms with van der Waals surface area (Å²) in [5, 5.41) is 6.15. The van der Waals surface area contributed by atoms with Crippen molar-refractivity contribution >= 4 is 35.1 Å². The minimum atomic E-state index is -0.737. The SMILES string of the molecule is CCCCNC(=O)c1ccc(N(C(=O)Oc2c(C)cccc2C)c2ccnc(Nc3cc(OC)c(OC)c(OCCCN4CCN(C)CC4)c3)n2)c(OC)c1. The number of aromatic nitrogens is 2. The predicted octanol–water partition coefficient (Wildman–Crippen LogP) is 6.75. The van der Waals surface area contributed by atoms with Crippen LogP contribution in [0, 0.1) is 13.8 Å². The van der Waals surface area contributed by atoms with Gasteiger partial charge in [-0.1, -0.05) is 31.5 Å². The largest absolute Gasteiger partial charge is 0.495 e. The second-order valence-corrected chi connectivity index (χ2v) is 13.3. The van der Waals surface area contributed by atoms with E-state index >= 15 is 0 Å². The molecule has 1 fully saturated rings. The number of nitrogens with zero attached hydrogens (tertiary/aromatic N) is 5. The van der Waals surface area contributed by atoms with Crippen LogP contribution in [0.15, 0.2) is 60.8 Å². The van der Waals surface area contributed by atoms with Gasteiger partial charge in [0.05, 0.1) is 33.6 Å². The summed E-state index contributed by atoms with van der Waals surface area (Å²) in [4.78, 5) is 42.4. The molecule has 294 valence electrons. The van der Waals surface area contributed by atoms with Gasteiger partial charge >= 0.3 is 6.09 Å². The minimum Gasteiger partial charge on any atom is -0.495 e. The molecule has 1 saturated heterocycles. The second-order valence-electron chi connectivity index (χ2n) is 13.3. The molecule has 0 bridgehead atoms. The average molecular weight is 756 g/mol. The molecule has 5 rings (SSSR count). The molecule has 0 unspecified atom stereocenters. The number of aryl methyl sites for hydroxylation is 2. The first kappa shape index (κ1) is 40.6. The smallest absolute Gasteiger partial charge is 0.425 e. The Morgan fingerprint density at radius 3 is 2.27 bits per heavy atom. The zero-order valence-corrected chi connectivity index (χ0v) is 32.9. The average Bonchev–Trinajstić information content (AvgIpc) is 3.18. The molecule has 3 aromatic carbocycles. The van der Waals surface area contributed by atoms with Crippen LogP contribution < -0.4 is 39.2 Å². The molecule has 4 aromatic rings. The first-order valence-electron chi connectivity index (χ1n) is 18.6. The number of hydrogen-bond donors (Lipinski definition) is 2. The van der Waals surface area contributed by atoms with Crippen molar-refractivity contribution in [1.82, 2.24) is 25.1 Å². The summed E-state index contributed by atoms with van der Waals surface area (Å²) in [7, 11) is 6.75. The molecule has 55 heavy (non-hydrogen) atoms. The van der Waals surface area contributed by atoms with E-state index in [1.807, 2.05) is 32.0 Å². The summed E-state index contributed by atoms with van der Waals surface area (Å²) >= 11 is 0. The third kappa shape index (κ3) is 10.5. The van der Waals surface area contributed by atoms with Gasteiger partial charge in [0.2, 0.25) is 11.7 Å². The molecular weight excluding hydrogens is 702 g/mol. The molecule has 2 heterocycles. The normalized spacial score (nSPS) is 13.1. The van der Waals surface area contributed by atoms with Crippen molar-refractivity contribution in [1.29, 1.82) is 0 Å². The van der Waals surface area contributed by atoms with E-state index in [1.54, 1.807) is 50.6 Å². The number of carbonyl (C=O) groups excluding carboxylic acids is 2. The molecule has 0 saturated carbocycles. The van der Waals surface area contributed by atoms with Crippen LogP contribution in [0.3, 0.4) is 0 Å². The summed E-state index contributed by atoms with van der Waals surface area (Å²) in [6.07, 6.45) is 3.45. The number of benzene rings is 3. The maximum absolute atomic E-state index is 14.2. The van der Waals surface area contributed by atoms with Gasteiger partial charge < -0.3 is 44.1 Å². The third-order valence-electron chi connectivity index (χ3n) is 9.32. The third-order valence-corrected chi connectivity index (χ3v) is 9.32. The summed E-state index contributed by atoms with van der Waals surface area (Å²) in [5.74, 6) is 2.25. The van der Waals surface area contributed by atoms with Crippen LogP contribution in [0.2, 0.25) is 0 Å². The molecule has 1 aromatic heterocycles. The molecule has 0 spiro atoms. The van der Waals surface area contributed by atoms with Crippen LogP contribution in [-0.4, -0.2) is 106 Å². The number of likely N-dealkylation sites (N-methyl/N-ethyl adjacent to an activating group) is 1. The molecule has 2 N–H and O–H groups in total. The van der Waals surface area contributed by atoms with Crippen molar-refractivity contribution in [3.05, 3.63) is 77.5 Å². The molecule has 0 atom stereocenters. The van der Waals surface area contributed by atoms with Gasteiger partial charge in [0.1, 0.15) is 17.3 Å². The number of anilines is 4. The van der Waals surface area contributed by atoms with Crippen LogP contribution in [0.25, 0.3) is 0 Å². The Balaban J connectivity index is 1.44. The lowest BCUT2D eigenvalue weighted by Crippen LogP contribution is -2.44. The quantitative estimate of drug-likeness (QED) is 0.110. The number of amides is 2. The Kier molecular flexibility index (Phi) is 14.5. The Labute approximate surface area is 323 Å². The Bertz CT molecular complexity index is 1900. The minimum absolute atomic E-state index is 0.182. The fourth-order valence-corrected chi connectivity index (χ4v) is 6.21. The van der Waals surface area contributed by atoms with Gasteiger partial charge in [-0.3, -0.25) is 4.79 Å². The van der Waals surface area contributed by atoms with E-state index in [0.29, 0.717) is 53.1 Å². The molecule has 0 radical (unpaired) electrons. The fourth-order valence-electron chi connectivity index (χ4n) is 6.21. The van der Waals surface area contributed by atoms with E-state index in [0.717, 1.165) is 63.1 Å². The van der Waals surface area contributed by atoms with Crippen molar-refractivity contribution in [3.63, 3.8) is 0 Å². The number of ether oxygens (including phenoxy) is 5. The van der Waals surface area contributed by atoms with Gasteiger partial charge in [-0.2, -0.15) is 4.98 Å². The zero-order chi connectivity index (χ0) is 39.3. The van der Waals surface area contributed by atoms with Crippen molar-refractivity contribution in [2.24, 2.45) is 0 Å². The van der Waals surface area contributed by atoms with E-state index in [9.17, 15) is 9.59 Å². The zero-order valence-electron chi connectivity index (χ0n) is 32.9. The lowest BCUT2D eigenvalue weighted by atomic mass is 10.1. The highest BCUT2D eigenvalue weighted by Gasteiger charge is 2.28. The summed E-state index contributed by atoms with van der Waals surface area (Å²) in [6.45, 7) is 12.0. The lowest BCUT2D eigenvalue weighted by molar-refractivity contribution is 0.0952. The first-order valence-corrected chi connectivity index (χ1v) is 18.6. The number of hydrogen-bond acceptors (Lipinski definition) is 12. The van der Waals surface area contributed by atoms with E-state index in [1.165, 1.54) is 18.2 Å². The summed E-state index contributed by atoms with van der Waals surface area (Å²) in [6, 6.07) is 15.6. The van der Waals surface area contributed by atoms with Gasteiger partial charge in [-0.25, -0.2) is 14.7 Å². The van der Waals surface area contributed by atoms with Gasteiger partial charge in [0.25, 0.3) is 5.91 Å². The van der Waals surface area contributed by atoms with E-state index in [4.69, 9.17) is 28.7 Å². The number of piperazine rings is 1. The highest BCUT2D eigenvalue weighted by Crippen LogP contribution is 2.41. The fraction of sp³-hybridized carbons (Fsp3) is 0.415. The number of methoxy groups -OCH3 is 3. The van der Waals surface area contributed by atoms with Crippen LogP contribution in [-0.2, 0) is 0 Å². The lowest BCUT2D eigenvalue weighted by Gasteiger charge is -2.32. The van der Waals surface area contributed by atoms with E-state index < -0.39 is 6.09 Å². The van der Waals surface area contributed by atoms with Crippen molar-refractivity contribution < 1.29 is 33.3 Å². The van der Waals surface area contributed by atoms with Crippen molar-refractivity contribution in [2.75, 3.05) is 84.5 Å². The van der Waals surface area contributed by atoms with Gasteiger partial charge in [-0.05, 0) is 63.1 Å². The Hall–Kier alpha value is -5.60. The number of para-hydroxylation sites is 1. The number of unbranched alkanes of at least 4 members (excludes halogenated alkanes) is 1. The van der Waals surface area contributed by atoms with E-state index in [-0.39, 0.29) is 23.4 Å².